The Bertz CT molecular complexity index is 1120. The predicted molar refractivity (Wildman–Crippen MR) is 109 cm³/mol. The summed E-state index contributed by atoms with van der Waals surface area (Å²) >= 11 is 6.17. The molecule has 0 spiro atoms. The number of primary amides is 1. The number of halogens is 1. The number of benzene rings is 2. The number of nitrogens with one attached hydrogen (secondary N) is 3. The topological polar surface area (TPSA) is 134 Å². The van der Waals surface area contributed by atoms with Gasteiger partial charge in [0.15, 0.2) is 0 Å². The van der Waals surface area contributed by atoms with Crippen LogP contribution in [-0.2, 0) is 15.1 Å². The SMILES string of the molecule is COc1ccc(Cl)c(NC(=O)C2=NCNC2(C(N)=O)c2nc3ccccc3[nH]2)c1. The fourth-order valence-electron chi connectivity index (χ4n) is 3.24. The van der Waals surface area contributed by atoms with Crippen molar-refractivity contribution >= 4 is 45.8 Å². The van der Waals surface area contributed by atoms with E-state index in [4.69, 9.17) is 22.1 Å². The molecule has 0 saturated carbocycles. The van der Waals surface area contributed by atoms with E-state index < -0.39 is 17.4 Å². The largest absolute Gasteiger partial charge is 0.497 e. The summed E-state index contributed by atoms with van der Waals surface area (Å²) in [6.45, 7) is 0.0224. The van der Waals surface area contributed by atoms with Gasteiger partial charge in [-0.3, -0.25) is 19.9 Å². The quantitative estimate of drug-likeness (QED) is 0.504. The molecule has 0 fully saturated rings. The first-order valence-electron chi connectivity index (χ1n) is 8.65. The van der Waals surface area contributed by atoms with Gasteiger partial charge in [0.1, 0.15) is 17.3 Å². The maximum atomic E-state index is 13.0. The first-order chi connectivity index (χ1) is 14.0. The number of para-hydroxylation sites is 2. The number of carbonyl (C=O) groups is 2. The van der Waals surface area contributed by atoms with Gasteiger partial charge in [-0.2, -0.15) is 0 Å². The third-order valence-corrected chi connectivity index (χ3v) is 5.02. The lowest BCUT2D eigenvalue weighted by molar-refractivity contribution is -0.123. The molecule has 0 bridgehead atoms. The molecule has 2 amide bonds. The van der Waals surface area contributed by atoms with Gasteiger partial charge in [-0.25, -0.2) is 4.98 Å². The number of rotatable bonds is 5. The van der Waals surface area contributed by atoms with E-state index in [1.165, 1.54) is 7.11 Å². The van der Waals surface area contributed by atoms with Crippen LogP contribution in [0.1, 0.15) is 5.82 Å². The van der Waals surface area contributed by atoms with Crippen molar-refractivity contribution in [3.05, 3.63) is 53.3 Å². The second kappa shape index (κ2) is 7.19. The number of aromatic nitrogens is 2. The van der Waals surface area contributed by atoms with Crippen LogP contribution in [0, 0.1) is 0 Å². The van der Waals surface area contributed by atoms with Crippen LogP contribution in [0.25, 0.3) is 11.0 Å². The van der Waals surface area contributed by atoms with Gasteiger partial charge in [0.25, 0.3) is 11.8 Å². The summed E-state index contributed by atoms with van der Waals surface area (Å²) in [5, 5.41) is 5.88. The highest BCUT2D eigenvalue weighted by Gasteiger charge is 2.52. The number of H-pyrrole nitrogens is 1. The number of hydrogen-bond donors (Lipinski definition) is 4. The van der Waals surface area contributed by atoms with E-state index >= 15 is 0 Å². The Kier molecular flexibility index (Phi) is 4.69. The molecule has 3 aromatic rings. The molecule has 29 heavy (non-hydrogen) atoms. The Balaban J connectivity index is 1.74. The Morgan fingerprint density at radius 1 is 1.28 bits per heavy atom. The molecule has 1 aliphatic rings. The average molecular weight is 413 g/mol. The minimum absolute atomic E-state index is 0.0224. The molecule has 4 rings (SSSR count). The summed E-state index contributed by atoms with van der Waals surface area (Å²) in [5.74, 6) is -0.743. The first-order valence-corrected chi connectivity index (χ1v) is 9.03. The van der Waals surface area contributed by atoms with Crippen LogP contribution in [0.5, 0.6) is 5.75 Å². The third kappa shape index (κ3) is 3.10. The number of aromatic amines is 1. The van der Waals surface area contributed by atoms with E-state index in [-0.39, 0.29) is 18.2 Å². The molecule has 148 valence electrons. The summed E-state index contributed by atoms with van der Waals surface area (Å²) in [4.78, 5) is 37.3. The molecule has 1 aliphatic heterocycles. The van der Waals surface area contributed by atoms with Gasteiger partial charge >= 0.3 is 0 Å². The van der Waals surface area contributed by atoms with Crippen molar-refractivity contribution < 1.29 is 14.3 Å². The van der Waals surface area contributed by atoms with Crippen LogP contribution in [-0.4, -0.2) is 41.3 Å². The number of ether oxygens (including phenoxy) is 1. The minimum Gasteiger partial charge on any atom is -0.497 e. The molecule has 0 radical (unpaired) electrons. The van der Waals surface area contributed by atoms with Gasteiger partial charge in [0.2, 0.25) is 5.54 Å². The number of nitrogens with zero attached hydrogens (tertiary/aromatic N) is 2. The number of fused-ring (bicyclic) bond motifs is 1. The van der Waals surface area contributed by atoms with Crippen molar-refractivity contribution in [2.24, 2.45) is 10.7 Å². The van der Waals surface area contributed by atoms with Gasteiger partial charge in [-0.05, 0) is 24.3 Å². The van der Waals surface area contributed by atoms with Crippen molar-refractivity contribution in [1.29, 1.82) is 0 Å². The number of nitrogens with two attached hydrogens (primary N) is 1. The smallest absolute Gasteiger partial charge is 0.272 e. The van der Waals surface area contributed by atoms with Crippen molar-refractivity contribution in [3.8, 4) is 5.75 Å². The molecule has 0 saturated heterocycles. The standard InChI is InChI=1S/C19H17ClN6O3/c1-29-10-6-7-11(20)14(8-10)24-16(27)15-19(17(21)28,23-9-22-15)18-25-12-4-2-3-5-13(12)26-18/h2-8,23H,9H2,1H3,(H2,21,28)(H,24,27)(H,25,26). The molecule has 5 N–H and O–H groups in total. The van der Waals surface area contributed by atoms with E-state index in [1.807, 2.05) is 18.2 Å². The van der Waals surface area contributed by atoms with Crippen LogP contribution >= 0.6 is 11.6 Å². The van der Waals surface area contributed by atoms with Crippen molar-refractivity contribution in [2.45, 2.75) is 5.54 Å². The zero-order chi connectivity index (χ0) is 20.6. The number of methoxy groups -OCH3 is 1. The monoisotopic (exact) mass is 412 g/mol. The van der Waals surface area contributed by atoms with Gasteiger partial charge < -0.3 is 20.8 Å². The zero-order valence-corrected chi connectivity index (χ0v) is 16.1. The van der Waals surface area contributed by atoms with Crippen molar-refractivity contribution in [2.75, 3.05) is 19.1 Å². The lowest BCUT2D eigenvalue weighted by atomic mass is 9.91. The fraction of sp³-hybridized carbons (Fsp3) is 0.158. The molecule has 2 heterocycles. The van der Waals surface area contributed by atoms with E-state index in [1.54, 1.807) is 24.3 Å². The van der Waals surface area contributed by atoms with Crippen LogP contribution in [0.2, 0.25) is 5.02 Å². The van der Waals surface area contributed by atoms with Gasteiger partial charge in [0.05, 0.1) is 35.5 Å². The van der Waals surface area contributed by atoms with Crippen LogP contribution in [0.15, 0.2) is 47.5 Å². The lowest BCUT2D eigenvalue weighted by Crippen LogP contribution is -2.58. The molecule has 9 nitrogen and oxygen atoms in total. The zero-order valence-electron chi connectivity index (χ0n) is 15.3. The second-order valence-corrected chi connectivity index (χ2v) is 6.77. The minimum atomic E-state index is -1.70. The lowest BCUT2D eigenvalue weighted by Gasteiger charge is -2.25. The van der Waals surface area contributed by atoms with Crippen molar-refractivity contribution in [3.63, 3.8) is 0 Å². The maximum absolute atomic E-state index is 13.0. The van der Waals surface area contributed by atoms with Crippen LogP contribution in [0.3, 0.4) is 0 Å². The predicted octanol–water partition coefficient (Wildman–Crippen LogP) is 1.55. The number of hydrogen-bond acceptors (Lipinski definition) is 6. The molecule has 1 unspecified atom stereocenters. The summed E-state index contributed by atoms with van der Waals surface area (Å²) in [5.41, 5.74) is 5.55. The second-order valence-electron chi connectivity index (χ2n) is 6.36. The molecule has 0 aliphatic carbocycles. The first kappa shape index (κ1) is 18.9. The summed E-state index contributed by atoms with van der Waals surface area (Å²) in [6, 6.07) is 12.1. The molecule has 10 heteroatoms. The number of imidazole rings is 1. The van der Waals surface area contributed by atoms with Gasteiger partial charge in [0, 0.05) is 6.07 Å². The average Bonchev–Trinajstić information content (AvgIpc) is 3.34. The van der Waals surface area contributed by atoms with E-state index in [0.29, 0.717) is 27.5 Å². The molecule has 2 aromatic carbocycles. The van der Waals surface area contributed by atoms with E-state index in [2.05, 4.69) is 25.6 Å². The van der Waals surface area contributed by atoms with Gasteiger partial charge in [-0.15, -0.1) is 0 Å². The molecule has 1 atom stereocenters. The van der Waals surface area contributed by atoms with Crippen LogP contribution in [0.4, 0.5) is 5.69 Å². The highest BCUT2D eigenvalue weighted by atomic mass is 35.5. The number of carbonyl (C=O) groups excluding carboxylic acids is 2. The highest BCUT2D eigenvalue weighted by Crippen LogP contribution is 2.30. The van der Waals surface area contributed by atoms with Crippen molar-refractivity contribution in [1.82, 2.24) is 15.3 Å². The summed E-state index contributed by atoms with van der Waals surface area (Å²) in [6.07, 6.45) is 0. The number of amides is 2. The number of anilines is 1. The summed E-state index contributed by atoms with van der Waals surface area (Å²) < 4.78 is 5.16. The molecular formula is C19H17ClN6O3. The molecular weight excluding hydrogens is 396 g/mol. The maximum Gasteiger partial charge on any atom is 0.272 e. The Morgan fingerprint density at radius 2 is 2.07 bits per heavy atom. The number of aliphatic imine (C=N–C) groups is 1. The van der Waals surface area contributed by atoms with Gasteiger partial charge in [-0.1, -0.05) is 23.7 Å². The normalized spacial score (nSPS) is 18.5. The molecule has 1 aromatic heterocycles. The Hall–Kier alpha value is -3.43. The van der Waals surface area contributed by atoms with Crippen LogP contribution < -0.4 is 21.1 Å². The fourth-order valence-corrected chi connectivity index (χ4v) is 3.40. The van der Waals surface area contributed by atoms with E-state index in [9.17, 15) is 9.59 Å². The highest BCUT2D eigenvalue weighted by molar-refractivity contribution is 6.50. The third-order valence-electron chi connectivity index (χ3n) is 4.69. The summed E-state index contributed by atoms with van der Waals surface area (Å²) in [7, 11) is 1.50. The Morgan fingerprint density at radius 3 is 2.79 bits per heavy atom. The Labute approximate surface area is 170 Å². The van der Waals surface area contributed by atoms with E-state index in [0.717, 1.165) is 0 Å².